The number of piperazine rings is 1. The molecular weight excluding hydrogens is 396 g/mol. The standard InChI is InChI=1S/C27H30N4O/c1-20-4-2-7-25-26(20)29-27(28-25)24-6-3-5-23(18-24)22-10-8-21(9-11-22)19-31-14-12-30(13-15-31)16-17-32/h2-11,18,32H,12-17,19H2,1H3,(H,28,29). The molecule has 2 heterocycles. The number of H-pyrrole nitrogens is 1. The number of nitrogens with one attached hydrogen (secondary N) is 1. The number of hydrogen-bond donors (Lipinski definition) is 2. The van der Waals surface area contributed by atoms with Crippen molar-refractivity contribution < 1.29 is 5.11 Å². The molecule has 0 aliphatic carbocycles. The molecule has 0 atom stereocenters. The van der Waals surface area contributed by atoms with Crippen LogP contribution in [-0.4, -0.2) is 64.2 Å². The molecule has 0 unspecified atom stereocenters. The molecule has 5 nitrogen and oxygen atoms in total. The summed E-state index contributed by atoms with van der Waals surface area (Å²) in [6.45, 7) is 8.29. The molecule has 5 rings (SSSR count). The van der Waals surface area contributed by atoms with Crippen LogP contribution in [0.4, 0.5) is 0 Å². The lowest BCUT2D eigenvalue weighted by Crippen LogP contribution is -2.46. The molecular formula is C27H30N4O. The van der Waals surface area contributed by atoms with E-state index in [4.69, 9.17) is 10.1 Å². The smallest absolute Gasteiger partial charge is 0.138 e. The van der Waals surface area contributed by atoms with Gasteiger partial charge in [0.25, 0.3) is 0 Å². The highest BCUT2D eigenvalue weighted by Crippen LogP contribution is 2.27. The van der Waals surface area contributed by atoms with E-state index in [9.17, 15) is 0 Å². The van der Waals surface area contributed by atoms with Crippen LogP contribution in [0.1, 0.15) is 11.1 Å². The SMILES string of the molecule is Cc1cccc2[nH]c(-c3cccc(-c4ccc(CN5CCN(CCO)CC5)cc4)c3)nc12. The van der Waals surface area contributed by atoms with Gasteiger partial charge in [0.05, 0.1) is 17.6 Å². The molecule has 1 aliphatic rings. The van der Waals surface area contributed by atoms with Gasteiger partial charge in [-0.2, -0.15) is 0 Å². The number of imidazole rings is 1. The van der Waals surface area contributed by atoms with Gasteiger partial charge in [-0.15, -0.1) is 0 Å². The lowest BCUT2D eigenvalue weighted by molar-refractivity contribution is 0.108. The topological polar surface area (TPSA) is 55.4 Å². The zero-order chi connectivity index (χ0) is 21.9. The van der Waals surface area contributed by atoms with E-state index in [0.29, 0.717) is 0 Å². The van der Waals surface area contributed by atoms with Gasteiger partial charge in [-0.3, -0.25) is 9.80 Å². The van der Waals surface area contributed by atoms with Gasteiger partial charge in [0.2, 0.25) is 0 Å². The summed E-state index contributed by atoms with van der Waals surface area (Å²) in [7, 11) is 0. The molecule has 3 aromatic carbocycles. The van der Waals surface area contributed by atoms with Crippen molar-refractivity contribution in [2.24, 2.45) is 0 Å². The molecule has 0 saturated carbocycles. The Morgan fingerprint density at radius 1 is 0.844 bits per heavy atom. The fourth-order valence-corrected chi connectivity index (χ4v) is 4.53. The van der Waals surface area contributed by atoms with Gasteiger partial charge in [0.1, 0.15) is 5.82 Å². The summed E-state index contributed by atoms with van der Waals surface area (Å²) in [5.74, 6) is 0.910. The largest absolute Gasteiger partial charge is 0.395 e. The first kappa shape index (κ1) is 20.9. The van der Waals surface area contributed by atoms with E-state index in [1.165, 1.54) is 22.3 Å². The Kier molecular flexibility index (Phi) is 6.04. The Morgan fingerprint density at radius 2 is 1.56 bits per heavy atom. The van der Waals surface area contributed by atoms with Gasteiger partial charge in [0, 0.05) is 44.8 Å². The van der Waals surface area contributed by atoms with Gasteiger partial charge in [0.15, 0.2) is 0 Å². The van der Waals surface area contributed by atoms with Crippen molar-refractivity contribution in [3.8, 4) is 22.5 Å². The number of hydrogen-bond acceptors (Lipinski definition) is 4. The van der Waals surface area contributed by atoms with E-state index >= 15 is 0 Å². The van der Waals surface area contributed by atoms with E-state index in [-0.39, 0.29) is 6.61 Å². The first-order valence-corrected chi connectivity index (χ1v) is 11.4. The highest BCUT2D eigenvalue weighted by atomic mass is 16.3. The van der Waals surface area contributed by atoms with Crippen molar-refractivity contribution in [1.29, 1.82) is 0 Å². The van der Waals surface area contributed by atoms with E-state index in [1.54, 1.807) is 0 Å². The van der Waals surface area contributed by atoms with E-state index in [0.717, 1.165) is 61.7 Å². The molecule has 1 aromatic heterocycles. The minimum atomic E-state index is 0.249. The second-order valence-corrected chi connectivity index (χ2v) is 8.68. The molecule has 0 amide bonds. The molecule has 164 valence electrons. The second kappa shape index (κ2) is 9.25. The summed E-state index contributed by atoms with van der Waals surface area (Å²) < 4.78 is 0. The number of aryl methyl sites for hydroxylation is 1. The summed E-state index contributed by atoms with van der Waals surface area (Å²) in [5, 5.41) is 9.11. The van der Waals surface area contributed by atoms with Crippen LogP contribution in [0, 0.1) is 6.92 Å². The number of β-amino-alcohol motifs (C(OH)–C–C–N with tert-alkyl or cyclic N) is 1. The lowest BCUT2D eigenvalue weighted by Gasteiger charge is -2.34. The number of aliphatic hydroxyl groups excluding tert-OH is 1. The number of fused-ring (bicyclic) bond motifs is 1. The van der Waals surface area contributed by atoms with E-state index in [2.05, 4.69) is 88.4 Å². The third-order valence-corrected chi connectivity index (χ3v) is 6.43. The molecule has 5 heteroatoms. The third kappa shape index (κ3) is 4.46. The van der Waals surface area contributed by atoms with E-state index < -0.39 is 0 Å². The molecule has 1 aliphatic heterocycles. The van der Waals surface area contributed by atoms with Crippen LogP contribution in [-0.2, 0) is 6.54 Å². The minimum absolute atomic E-state index is 0.249. The molecule has 32 heavy (non-hydrogen) atoms. The van der Waals surface area contributed by atoms with Gasteiger partial charge < -0.3 is 10.1 Å². The molecule has 1 fully saturated rings. The van der Waals surface area contributed by atoms with Crippen LogP contribution in [0.2, 0.25) is 0 Å². The summed E-state index contributed by atoms with van der Waals surface area (Å²) in [4.78, 5) is 13.1. The van der Waals surface area contributed by atoms with E-state index in [1.807, 2.05) is 0 Å². The number of nitrogens with zero attached hydrogens (tertiary/aromatic N) is 3. The van der Waals surface area contributed by atoms with Crippen molar-refractivity contribution in [3.05, 3.63) is 77.9 Å². The maximum atomic E-state index is 9.11. The third-order valence-electron chi connectivity index (χ3n) is 6.43. The highest BCUT2D eigenvalue weighted by molar-refractivity contribution is 5.83. The van der Waals surface area contributed by atoms with Crippen molar-refractivity contribution in [2.45, 2.75) is 13.5 Å². The maximum absolute atomic E-state index is 9.11. The summed E-state index contributed by atoms with van der Waals surface area (Å²) in [6.07, 6.45) is 0. The van der Waals surface area contributed by atoms with Gasteiger partial charge >= 0.3 is 0 Å². The van der Waals surface area contributed by atoms with Crippen molar-refractivity contribution in [3.63, 3.8) is 0 Å². The predicted molar refractivity (Wildman–Crippen MR) is 131 cm³/mol. The number of benzene rings is 3. The summed E-state index contributed by atoms with van der Waals surface area (Å²) >= 11 is 0. The molecule has 1 saturated heterocycles. The summed E-state index contributed by atoms with van der Waals surface area (Å²) in [6, 6.07) is 23.7. The van der Waals surface area contributed by atoms with Gasteiger partial charge in [-0.05, 0) is 41.3 Å². The summed E-state index contributed by atoms with van der Waals surface area (Å²) in [5.41, 5.74) is 8.16. The quantitative estimate of drug-likeness (QED) is 0.482. The van der Waals surface area contributed by atoms with Crippen LogP contribution in [0.5, 0.6) is 0 Å². The fraction of sp³-hybridized carbons (Fsp3) is 0.296. The van der Waals surface area contributed by atoms with Crippen LogP contribution in [0.15, 0.2) is 66.7 Å². The Hall–Kier alpha value is -2.99. The second-order valence-electron chi connectivity index (χ2n) is 8.68. The normalized spacial score (nSPS) is 15.4. The van der Waals surface area contributed by atoms with Crippen molar-refractivity contribution in [2.75, 3.05) is 39.3 Å². The number of rotatable bonds is 6. The first-order valence-electron chi connectivity index (χ1n) is 11.4. The zero-order valence-corrected chi connectivity index (χ0v) is 18.6. The monoisotopic (exact) mass is 426 g/mol. The molecule has 0 spiro atoms. The van der Waals surface area contributed by atoms with Gasteiger partial charge in [-0.25, -0.2) is 4.98 Å². The molecule has 2 N–H and O–H groups in total. The van der Waals surface area contributed by atoms with Crippen LogP contribution in [0.25, 0.3) is 33.5 Å². The average Bonchev–Trinajstić information content (AvgIpc) is 3.27. The maximum Gasteiger partial charge on any atom is 0.138 e. The zero-order valence-electron chi connectivity index (χ0n) is 18.6. The Bertz CT molecular complexity index is 1190. The molecule has 0 bridgehead atoms. The number of aliphatic hydroxyl groups is 1. The van der Waals surface area contributed by atoms with Gasteiger partial charge in [-0.1, -0.05) is 54.6 Å². The number of para-hydroxylation sites is 1. The molecule has 4 aromatic rings. The van der Waals surface area contributed by atoms with Crippen molar-refractivity contribution >= 4 is 11.0 Å². The lowest BCUT2D eigenvalue weighted by atomic mass is 10.0. The van der Waals surface area contributed by atoms with Crippen molar-refractivity contribution in [1.82, 2.24) is 19.8 Å². The molecule has 0 radical (unpaired) electrons. The Morgan fingerprint density at radius 3 is 2.31 bits per heavy atom. The van der Waals surface area contributed by atoms with Crippen LogP contribution >= 0.6 is 0 Å². The first-order chi connectivity index (χ1) is 15.7. The average molecular weight is 427 g/mol. The Labute approximate surface area is 189 Å². The Balaban J connectivity index is 1.30. The predicted octanol–water partition coefficient (Wildman–Crippen LogP) is 4.32. The highest BCUT2D eigenvalue weighted by Gasteiger charge is 2.16. The minimum Gasteiger partial charge on any atom is -0.395 e. The number of aromatic amines is 1. The number of aromatic nitrogens is 2. The fourth-order valence-electron chi connectivity index (χ4n) is 4.53. The van der Waals surface area contributed by atoms with Crippen LogP contribution < -0.4 is 0 Å². The van der Waals surface area contributed by atoms with Crippen LogP contribution in [0.3, 0.4) is 0 Å².